The number of aromatic nitrogens is 1. The topological polar surface area (TPSA) is 111 Å². The number of nitrogens with one attached hydrogen (secondary N) is 3. The van der Waals surface area contributed by atoms with Crippen LogP contribution in [0.4, 0.5) is 16.3 Å². The number of guanidine groups is 1. The second-order valence-electron chi connectivity index (χ2n) is 6.36. The molecule has 3 atom stereocenters. The monoisotopic (exact) mass is 342 g/mol. The van der Waals surface area contributed by atoms with Crippen LogP contribution in [0, 0.1) is 23.3 Å². The summed E-state index contributed by atoms with van der Waals surface area (Å²) in [6.07, 6.45) is 7.84. The summed E-state index contributed by atoms with van der Waals surface area (Å²) in [6, 6.07) is 3.69. The molecular weight excluding hydrogens is 320 g/mol. The van der Waals surface area contributed by atoms with Gasteiger partial charge in [0.15, 0.2) is 6.19 Å². The maximum atomic E-state index is 11.4. The number of anilines is 2. The molecule has 1 amide bonds. The number of carbonyl (C=O) groups excluding carboxylic acids is 1. The van der Waals surface area contributed by atoms with E-state index in [0.717, 1.165) is 12.3 Å². The molecule has 0 aliphatic heterocycles. The number of hydrogen-bond acceptors (Lipinski definition) is 5. The van der Waals surface area contributed by atoms with E-state index in [2.05, 4.69) is 20.9 Å². The van der Waals surface area contributed by atoms with Gasteiger partial charge in [0.1, 0.15) is 5.82 Å². The van der Waals surface area contributed by atoms with Crippen molar-refractivity contribution in [1.82, 2.24) is 10.3 Å². The van der Waals surface area contributed by atoms with Gasteiger partial charge in [-0.15, -0.1) is 0 Å². The number of fused-ring (bicyclic) bond motifs is 2. The number of rotatable bonds is 4. The van der Waals surface area contributed by atoms with Crippen molar-refractivity contribution in [1.29, 1.82) is 5.26 Å². The third-order valence-electron chi connectivity index (χ3n) is 4.70. The van der Waals surface area contributed by atoms with E-state index >= 15 is 0 Å². The maximum Gasteiger partial charge on any atom is 0.412 e. The highest BCUT2D eigenvalue weighted by Gasteiger charge is 2.39. The van der Waals surface area contributed by atoms with Gasteiger partial charge in [0.2, 0.25) is 5.96 Å². The number of ether oxygens (including phenoxy) is 1. The molecule has 1 heterocycles. The fraction of sp³-hybridized carbons (Fsp3) is 0.529. The van der Waals surface area contributed by atoms with Gasteiger partial charge in [-0.2, -0.15) is 5.26 Å². The number of nitrogens with zero attached hydrogens (tertiary/aromatic N) is 3. The van der Waals surface area contributed by atoms with Gasteiger partial charge >= 0.3 is 6.09 Å². The molecule has 0 spiro atoms. The van der Waals surface area contributed by atoms with Crippen LogP contribution in [0.1, 0.15) is 32.6 Å². The highest BCUT2D eigenvalue weighted by molar-refractivity contribution is 5.94. The summed E-state index contributed by atoms with van der Waals surface area (Å²) in [7, 11) is 0. The summed E-state index contributed by atoms with van der Waals surface area (Å²) in [6.45, 7) is 2.04. The first-order chi connectivity index (χ1) is 12.2. The van der Waals surface area contributed by atoms with Gasteiger partial charge in [-0.25, -0.2) is 14.8 Å². The molecule has 2 aliphatic carbocycles. The third kappa shape index (κ3) is 4.38. The Hall–Kier alpha value is -2.82. The molecule has 2 aliphatic rings. The van der Waals surface area contributed by atoms with Crippen LogP contribution in [0.3, 0.4) is 0 Å². The minimum atomic E-state index is -0.541. The van der Waals surface area contributed by atoms with Gasteiger partial charge in [0.25, 0.3) is 0 Å². The van der Waals surface area contributed by atoms with Crippen LogP contribution >= 0.6 is 0 Å². The minimum absolute atomic E-state index is 0.278. The number of nitriles is 1. The van der Waals surface area contributed by atoms with E-state index < -0.39 is 6.09 Å². The fourth-order valence-corrected chi connectivity index (χ4v) is 3.63. The average molecular weight is 342 g/mol. The summed E-state index contributed by atoms with van der Waals surface area (Å²) in [5.74, 6) is 2.25. The third-order valence-corrected chi connectivity index (χ3v) is 4.70. The van der Waals surface area contributed by atoms with Gasteiger partial charge in [-0.3, -0.25) is 10.6 Å². The fourth-order valence-electron chi connectivity index (χ4n) is 3.63. The second kappa shape index (κ2) is 7.83. The van der Waals surface area contributed by atoms with Crippen molar-refractivity contribution in [2.75, 3.05) is 17.2 Å². The Morgan fingerprint density at radius 3 is 2.88 bits per heavy atom. The highest BCUT2D eigenvalue weighted by Crippen LogP contribution is 2.45. The van der Waals surface area contributed by atoms with Crippen molar-refractivity contribution >= 4 is 23.6 Å². The SMILES string of the molecule is CCOC(=O)Nc1ccc(NC(=NC2CC3CCC2C3)NC#N)cn1. The van der Waals surface area contributed by atoms with Gasteiger partial charge in [-0.05, 0) is 50.2 Å². The molecule has 2 saturated carbocycles. The number of amides is 1. The predicted molar refractivity (Wildman–Crippen MR) is 93.9 cm³/mol. The van der Waals surface area contributed by atoms with E-state index in [1.165, 1.54) is 19.3 Å². The Kier molecular flexibility index (Phi) is 5.33. The summed E-state index contributed by atoms with van der Waals surface area (Å²) in [5.41, 5.74) is 0.680. The van der Waals surface area contributed by atoms with Gasteiger partial charge in [0, 0.05) is 0 Å². The van der Waals surface area contributed by atoms with Crippen LogP contribution in [0.5, 0.6) is 0 Å². The first-order valence-corrected chi connectivity index (χ1v) is 8.57. The molecule has 1 aromatic heterocycles. The molecule has 3 unspecified atom stereocenters. The Bertz CT molecular complexity index is 681. The van der Waals surface area contributed by atoms with Crippen LogP contribution in [0.25, 0.3) is 0 Å². The highest BCUT2D eigenvalue weighted by atomic mass is 16.5. The Morgan fingerprint density at radius 2 is 2.28 bits per heavy atom. The van der Waals surface area contributed by atoms with Crippen LogP contribution in [-0.2, 0) is 4.74 Å². The Morgan fingerprint density at radius 1 is 1.40 bits per heavy atom. The van der Waals surface area contributed by atoms with Crippen molar-refractivity contribution in [3.63, 3.8) is 0 Å². The quantitative estimate of drug-likeness (QED) is 0.336. The molecule has 8 nitrogen and oxygen atoms in total. The Balaban J connectivity index is 1.62. The lowest BCUT2D eigenvalue weighted by Crippen LogP contribution is -2.30. The molecule has 1 aromatic rings. The van der Waals surface area contributed by atoms with E-state index in [9.17, 15) is 4.79 Å². The number of carbonyl (C=O) groups is 1. The lowest BCUT2D eigenvalue weighted by atomic mass is 9.96. The van der Waals surface area contributed by atoms with Gasteiger partial charge in [-0.1, -0.05) is 6.42 Å². The standard InChI is InChI=1S/C17H22N6O2/c1-2-25-17(24)23-15-6-5-13(9-19-15)21-16(20-10-18)22-14-8-11-3-4-12(14)7-11/h5-6,9,11-12,14H,2-4,7-8H2,1H3,(H,19,23,24)(H2,20,21,22). The molecule has 0 radical (unpaired) electrons. The average Bonchev–Trinajstić information content (AvgIpc) is 3.20. The van der Waals surface area contributed by atoms with Crippen molar-refractivity contribution in [3.05, 3.63) is 18.3 Å². The lowest BCUT2D eigenvalue weighted by molar-refractivity contribution is 0.168. The van der Waals surface area contributed by atoms with E-state index in [-0.39, 0.29) is 6.04 Å². The van der Waals surface area contributed by atoms with E-state index in [0.29, 0.717) is 30.0 Å². The van der Waals surface area contributed by atoms with E-state index in [4.69, 9.17) is 15.0 Å². The molecule has 3 rings (SSSR count). The number of aliphatic imine (C=N–C) groups is 1. The molecule has 25 heavy (non-hydrogen) atoms. The van der Waals surface area contributed by atoms with Crippen LogP contribution in [0.2, 0.25) is 0 Å². The van der Waals surface area contributed by atoms with Gasteiger partial charge in [0.05, 0.1) is 24.5 Å². The zero-order valence-corrected chi connectivity index (χ0v) is 14.2. The largest absolute Gasteiger partial charge is 0.450 e. The van der Waals surface area contributed by atoms with Crippen LogP contribution in [0.15, 0.2) is 23.3 Å². The molecule has 0 saturated heterocycles. The first-order valence-electron chi connectivity index (χ1n) is 8.57. The minimum Gasteiger partial charge on any atom is -0.450 e. The van der Waals surface area contributed by atoms with Crippen LogP contribution in [-0.4, -0.2) is 29.7 Å². The van der Waals surface area contributed by atoms with Crippen molar-refractivity contribution in [2.45, 2.75) is 38.6 Å². The van der Waals surface area contributed by atoms with E-state index in [1.54, 1.807) is 25.3 Å². The molecule has 3 N–H and O–H groups in total. The van der Waals surface area contributed by atoms with Crippen molar-refractivity contribution < 1.29 is 9.53 Å². The summed E-state index contributed by atoms with van der Waals surface area (Å²) in [4.78, 5) is 20.2. The number of pyridine rings is 1. The van der Waals surface area contributed by atoms with Crippen molar-refractivity contribution in [3.8, 4) is 6.19 Å². The molecule has 0 aromatic carbocycles. The second-order valence-corrected chi connectivity index (χ2v) is 6.36. The molecule has 132 valence electrons. The molecule has 2 fully saturated rings. The predicted octanol–water partition coefficient (Wildman–Crippen LogP) is 2.68. The summed E-state index contributed by atoms with van der Waals surface area (Å²) >= 11 is 0. The normalized spacial score (nSPS) is 24.5. The van der Waals surface area contributed by atoms with Crippen molar-refractivity contribution in [2.24, 2.45) is 16.8 Å². The van der Waals surface area contributed by atoms with Crippen LogP contribution < -0.4 is 16.0 Å². The molecule has 2 bridgehead atoms. The van der Waals surface area contributed by atoms with E-state index in [1.807, 2.05) is 6.19 Å². The molecule has 8 heteroatoms. The summed E-state index contributed by atoms with van der Waals surface area (Å²) in [5, 5.41) is 17.2. The molecular formula is C17H22N6O2. The smallest absolute Gasteiger partial charge is 0.412 e. The summed E-state index contributed by atoms with van der Waals surface area (Å²) < 4.78 is 4.80. The van der Waals surface area contributed by atoms with Gasteiger partial charge < -0.3 is 10.1 Å². The maximum absolute atomic E-state index is 11.4. The number of hydrogen-bond donors (Lipinski definition) is 3. The zero-order chi connectivity index (χ0) is 17.6. The lowest BCUT2D eigenvalue weighted by Gasteiger charge is -2.19. The zero-order valence-electron chi connectivity index (χ0n) is 14.2. The first kappa shape index (κ1) is 17.0. The Labute approximate surface area is 146 Å².